The van der Waals surface area contributed by atoms with Crippen LogP contribution in [0.1, 0.15) is 79.1 Å². The van der Waals surface area contributed by atoms with E-state index in [0.29, 0.717) is 36.4 Å². The van der Waals surface area contributed by atoms with Crippen LogP contribution in [0.15, 0.2) is 11.6 Å². The van der Waals surface area contributed by atoms with E-state index in [2.05, 4.69) is 19.9 Å². The Morgan fingerprint density at radius 3 is 2.64 bits per heavy atom. The molecule has 4 aliphatic rings. The number of hydrogen-bond acceptors (Lipinski definition) is 4. The van der Waals surface area contributed by atoms with Gasteiger partial charge in [0.15, 0.2) is 5.78 Å². The molecule has 3 saturated carbocycles. The maximum atomic E-state index is 13.5. The minimum absolute atomic E-state index is 0.00935. The Labute approximate surface area is 168 Å². The minimum Gasteiger partial charge on any atom is -0.462 e. The third kappa shape index (κ3) is 2.81. The molecule has 0 radical (unpaired) electrons. The van der Waals surface area contributed by atoms with Crippen molar-refractivity contribution in [3.05, 3.63) is 11.6 Å². The van der Waals surface area contributed by atoms with Gasteiger partial charge < -0.3 is 4.74 Å². The van der Waals surface area contributed by atoms with Crippen molar-refractivity contribution in [3.8, 4) is 0 Å². The van der Waals surface area contributed by atoms with Crippen LogP contribution in [-0.4, -0.2) is 23.6 Å². The molecule has 7 atom stereocenters. The summed E-state index contributed by atoms with van der Waals surface area (Å²) >= 11 is 0. The van der Waals surface area contributed by atoms with Crippen LogP contribution in [0.25, 0.3) is 0 Å². The van der Waals surface area contributed by atoms with Crippen molar-refractivity contribution in [1.82, 2.24) is 0 Å². The van der Waals surface area contributed by atoms with Gasteiger partial charge in [0.1, 0.15) is 11.9 Å². The van der Waals surface area contributed by atoms with Gasteiger partial charge in [0.05, 0.1) is 0 Å². The van der Waals surface area contributed by atoms with Crippen LogP contribution >= 0.6 is 0 Å². The van der Waals surface area contributed by atoms with Gasteiger partial charge in [0.25, 0.3) is 0 Å². The summed E-state index contributed by atoms with van der Waals surface area (Å²) in [5.74, 6) is 1.75. The van der Waals surface area contributed by atoms with E-state index < -0.39 is 0 Å². The number of esters is 1. The molecular weight excluding hydrogens is 352 g/mol. The predicted octanol–water partition coefficient (Wildman–Crippen LogP) is 4.66. The summed E-state index contributed by atoms with van der Waals surface area (Å²) in [5, 5.41) is 0. The fourth-order valence-corrected chi connectivity index (χ4v) is 7.53. The lowest BCUT2D eigenvalue weighted by Crippen LogP contribution is -2.57. The molecular formula is C24H34O4. The zero-order chi connectivity index (χ0) is 20.3. The molecule has 0 amide bonds. The lowest BCUT2D eigenvalue weighted by Gasteiger charge is -2.59. The van der Waals surface area contributed by atoms with Gasteiger partial charge in [-0.25, -0.2) is 0 Å². The summed E-state index contributed by atoms with van der Waals surface area (Å²) in [6.45, 7) is 7.96. The second-order valence-corrected chi connectivity index (χ2v) is 10.2. The standard InChI is InChI=1S/C24H34O4/c1-5-21(27)28-16-10-11-23(3)15(12-16)6-7-17-19-9-8-18(14(2)25)24(19,4)13-20(26)22(17)23/h8,15-17,19,22H,5-7,9-13H2,1-4H3/t15-,16-,17+,19-,22-,23+,24+/m1/s1. The Morgan fingerprint density at radius 1 is 1.21 bits per heavy atom. The molecule has 4 rings (SSSR count). The van der Waals surface area contributed by atoms with E-state index in [4.69, 9.17) is 4.74 Å². The molecule has 154 valence electrons. The molecule has 0 spiro atoms. The third-order valence-electron chi connectivity index (χ3n) is 8.85. The molecule has 0 aromatic carbocycles. The van der Waals surface area contributed by atoms with Crippen molar-refractivity contribution in [2.24, 2.45) is 34.5 Å². The van der Waals surface area contributed by atoms with E-state index in [-0.39, 0.29) is 34.6 Å². The molecule has 28 heavy (non-hydrogen) atoms. The zero-order valence-electron chi connectivity index (χ0n) is 17.8. The average molecular weight is 387 g/mol. The van der Waals surface area contributed by atoms with E-state index >= 15 is 0 Å². The van der Waals surface area contributed by atoms with Crippen molar-refractivity contribution >= 4 is 17.5 Å². The number of Topliss-reactive ketones (excluding diaryl/α,β-unsaturated/α-hetero) is 2. The lowest BCUT2D eigenvalue weighted by atomic mass is 9.44. The van der Waals surface area contributed by atoms with Gasteiger partial charge in [-0.2, -0.15) is 0 Å². The predicted molar refractivity (Wildman–Crippen MR) is 106 cm³/mol. The first-order valence-electron chi connectivity index (χ1n) is 11.1. The highest BCUT2D eigenvalue weighted by Crippen LogP contribution is 2.65. The fourth-order valence-electron chi connectivity index (χ4n) is 7.53. The summed E-state index contributed by atoms with van der Waals surface area (Å²) in [6.07, 6.45) is 8.92. The quantitative estimate of drug-likeness (QED) is 0.662. The summed E-state index contributed by atoms with van der Waals surface area (Å²) < 4.78 is 5.65. The summed E-state index contributed by atoms with van der Waals surface area (Å²) in [6, 6.07) is 0. The van der Waals surface area contributed by atoms with Crippen LogP contribution in [0.5, 0.6) is 0 Å². The van der Waals surface area contributed by atoms with Crippen molar-refractivity contribution in [2.45, 2.75) is 85.2 Å². The normalized spacial score (nSPS) is 44.8. The van der Waals surface area contributed by atoms with E-state index in [1.165, 1.54) is 0 Å². The van der Waals surface area contributed by atoms with E-state index in [0.717, 1.165) is 44.1 Å². The number of allylic oxidation sites excluding steroid dienone is 2. The first kappa shape index (κ1) is 19.8. The van der Waals surface area contributed by atoms with Crippen LogP contribution in [0.3, 0.4) is 0 Å². The monoisotopic (exact) mass is 386 g/mol. The van der Waals surface area contributed by atoms with Gasteiger partial charge in [-0.05, 0) is 74.2 Å². The summed E-state index contributed by atoms with van der Waals surface area (Å²) in [7, 11) is 0. The van der Waals surface area contributed by atoms with E-state index in [1.807, 2.05) is 6.92 Å². The van der Waals surface area contributed by atoms with Crippen LogP contribution in [0.4, 0.5) is 0 Å². The second-order valence-electron chi connectivity index (χ2n) is 10.2. The Morgan fingerprint density at radius 2 is 1.96 bits per heavy atom. The minimum atomic E-state index is -0.263. The van der Waals surface area contributed by atoms with Gasteiger partial charge in [0.2, 0.25) is 0 Å². The molecule has 0 N–H and O–H groups in total. The number of rotatable bonds is 3. The molecule has 0 aliphatic heterocycles. The van der Waals surface area contributed by atoms with Crippen LogP contribution in [0.2, 0.25) is 0 Å². The summed E-state index contributed by atoms with van der Waals surface area (Å²) in [5.41, 5.74) is 0.642. The molecule has 4 heteroatoms. The molecule has 0 aromatic rings. The summed E-state index contributed by atoms with van der Waals surface area (Å²) in [4.78, 5) is 37.4. The molecule has 3 fully saturated rings. The lowest BCUT2D eigenvalue weighted by molar-refractivity contribution is -0.167. The fraction of sp³-hybridized carbons (Fsp3) is 0.792. The Hall–Kier alpha value is -1.45. The SMILES string of the molecule is CCC(=O)O[C@@H]1CC[C@@]2(C)[C@H](CC[C@H]3[C@H]4CC=C(C(C)=O)[C@]4(C)CC(=O)[C@@H]32)C1. The van der Waals surface area contributed by atoms with Crippen molar-refractivity contribution < 1.29 is 19.1 Å². The van der Waals surface area contributed by atoms with Crippen molar-refractivity contribution in [1.29, 1.82) is 0 Å². The highest BCUT2D eigenvalue weighted by molar-refractivity contribution is 5.97. The smallest absolute Gasteiger partial charge is 0.305 e. The zero-order valence-corrected chi connectivity index (χ0v) is 17.8. The number of ether oxygens (including phenoxy) is 1. The van der Waals surface area contributed by atoms with Gasteiger partial charge in [0, 0.05) is 24.2 Å². The number of hydrogen-bond donors (Lipinski definition) is 0. The maximum Gasteiger partial charge on any atom is 0.305 e. The second kappa shape index (κ2) is 6.81. The third-order valence-corrected chi connectivity index (χ3v) is 8.85. The highest BCUT2D eigenvalue weighted by Gasteiger charge is 2.62. The Balaban J connectivity index is 1.57. The molecule has 0 heterocycles. The topological polar surface area (TPSA) is 60.4 Å². The number of fused-ring (bicyclic) bond motifs is 5. The van der Waals surface area contributed by atoms with Gasteiger partial charge in [-0.15, -0.1) is 0 Å². The van der Waals surface area contributed by atoms with E-state index in [9.17, 15) is 14.4 Å². The van der Waals surface area contributed by atoms with Gasteiger partial charge in [-0.1, -0.05) is 26.8 Å². The largest absolute Gasteiger partial charge is 0.462 e. The van der Waals surface area contributed by atoms with E-state index in [1.54, 1.807) is 6.92 Å². The molecule has 0 bridgehead atoms. The number of carbonyl (C=O) groups excluding carboxylic acids is 3. The van der Waals surface area contributed by atoms with Gasteiger partial charge in [-0.3, -0.25) is 14.4 Å². The first-order chi connectivity index (χ1) is 13.2. The maximum absolute atomic E-state index is 13.5. The van der Waals surface area contributed by atoms with Gasteiger partial charge >= 0.3 is 5.97 Å². The average Bonchev–Trinajstić information content (AvgIpc) is 2.98. The van der Waals surface area contributed by atoms with Crippen molar-refractivity contribution in [2.75, 3.05) is 0 Å². The first-order valence-corrected chi connectivity index (χ1v) is 11.1. The number of ketones is 2. The highest BCUT2D eigenvalue weighted by atomic mass is 16.5. The molecule has 0 aromatic heterocycles. The van der Waals surface area contributed by atoms with Crippen LogP contribution < -0.4 is 0 Å². The molecule has 4 aliphatic carbocycles. The Bertz CT molecular complexity index is 737. The molecule has 0 saturated heterocycles. The van der Waals surface area contributed by atoms with Crippen LogP contribution in [-0.2, 0) is 19.1 Å². The van der Waals surface area contributed by atoms with Crippen LogP contribution in [0, 0.1) is 34.5 Å². The molecule has 4 nitrogen and oxygen atoms in total. The Kier molecular flexibility index (Phi) is 4.83. The van der Waals surface area contributed by atoms with Crippen molar-refractivity contribution in [3.63, 3.8) is 0 Å². The molecule has 0 unspecified atom stereocenters. The number of carbonyl (C=O) groups is 3.